The van der Waals surface area contributed by atoms with E-state index < -0.39 is 11.9 Å². The molecule has 0 fully saturated rings. The van der Waals surface area contributed by atoms with Crippen LogP contribution in [-0.2, 0) is 16.1 Å². The summed E-state index contributed by atoms with van der Waals surface area (Å²) < 4.78 is 1.69. The van der Waals surface area contributed by atoms with Crippen LogP contribution in [0.5, 0.6) is 0 Å². The second-order valence-electron chi connectivity index (χ2n) is 2.94. The fraction of sp³-hybridized carbons (Fsp3) is 0.200. The van der Waals surface area contributed by atoms with Gasteiger partial charge in [0.15, 0.2) is 0 Å². The summed E-state index contributed by atoms with van der Waals surface area (Å²) in [6, 6.07) is 3.46. The van der Waals surface area contributed by atoms with E-state index in [1.54, 1.807) is 22.9 Å². The van der Waals surface area contributed by atoms with Gasteiger partial charge in [0.05, 0.1) is 6.42 Å². The van der Waals surface area contributed by atoms with E-state index in [4.69, 9.17) is 10.2 Å². The molecule has 1 aromatic heterocycles. The van der Waals surface area contributed by atoms with Crippen LogP contribution in [0.15, 0.2) is 24.4 Å². The minimum atomic E-state index is -1.03. The van der Waals surface area contributed by atoms with Crippen molar-refractivity contribution < 1.29 is 19.8 Å². The number of carboxylic acids is 2. The molecular formula is C10H11NO4. The highest BCUT2D eigenvalue weighted by atomic mass is 16.4. The van der Waals surface area contributed by atoms with Crippen LogP contribution in [0.3, 0.4) is 0 Å². The first-order chi connectivity index (χ1) is 7.09. The van der Waals surface area contributed by atoms with Crippen molar-refractivity contribution in [3.8, 4) is 0 Å². The number of hydrogen-bond donors (Lipinski definition) is 2. The van der Waals surface area contributed by atoms with Gasteiger partial charge in [0.2, 0.25) is 0 Å². The van der Waals surface area contributed by atoms with Crippen molar-refractivity contribution in [3.05, 3.63) is 30.1 Å². The highest BCUT2D eigenvalue weighted by Crippen LogP contribution is 2.05. The summed E-state index contributed by atoms with van der Waals surface area (Å²) in [5.41, 5.74) is 0.679. The molecule has 0 aliphatic carbocycles. The van der Waals surface area contributed by atoms with Gasteiger partial charge in [0.25, 0.3) is 0 Å². The lowest BCUT2D eigenvalue weighted by molar-refractivity contribution is -0.137. The molecule has 5 heteroatoms. The van der Waals surface area contributed by atoms with Crippen LogP contribution >= 0.6 is 0 Å². The second kappa shape index (κ2) is 4.99. The highest BCUT2D eigenvalue weighted by Gasteiger charge is 2.01. The Balaban J connectivity index is 2.69. The maximum absolute atomic E-state index is 10.3. The molecule has 0 radical (unpaired) electrons. The maximum Gasteiger partial charge on any atom is 0.328 e. The molecule has 0 unspecified atom stereocenters. The average Bonchev–Trinajstić information content (AvgIpc) is 2.58. The van der Waals surface area contributed by atoms with E-state index in [1.807, 2.05) is 0 Å². The SMILES string of the molecule is O=C(O)/C=C/c1cccn1CCC(=O)O. The summed E-state index contributed by atoms with van der Waals surface area (Å²) in [7, 11) is 0. The largest absolute Gasteiger partial charge is 0.481 e. The van der Waals surface area contributed by atoms with E-state index in [0.717, 1.165) is 6.08 Å². The standard InChI is InChI=1S/C10H11NO4/c12-9(13)4-3-8-2-1-6-11(8)7-5-10(14)15/h1-4,6H,5,7H2,(H,12,13)(H,14,15)/b4-3+. The molecule has 0 bridgehead atoms. The molecule has 0 atom stereocenters. The molecule has 0 amide bonds. The number of carboxylic acid groups (broad SMARTS) is 2. The molecule has 15 heavy (non-hydrogen) atoms. The van der Waals surface area contributed by atoms with Crippen LogP contribution in [0.25, 0.3) is 6.08 Å². The fourth-order valence-corrected chi connectivity index (χ4v) is 1.16. The number of nitrogens with zero attached hydrogens (tertiary/aromatic N) is 1. The van der Waals surface area contributed by atoms with Crippen molar-refractivity contribution >= 4 is 18.0 Å². The lowest BCUT2D eigenvalue weighted by Crippen LogP contribution is -2.04. The topological polar surface area (TPSA) is 79.5 Å². The molecule has 0 spiro atoms. The number of aromatic nitrogens is 1. The number of rotatable bonds is 5. The Bertz CT molecular complexity index is 392. The van der Waals surface area contributed by atoms with E-state index in [9.17, 15) is 9.59 Å². The van der Waals surface area contributed by atoms with Gasteiger partial charge in [0.1, 0.15) is 0 Å². The normalized spacial score (nSPS) is 10.7. The summed E-state index contributed by atoms with van der Waals surface area (Å²) in [6.07, 6.45) is 4.18. The molecule has 2 N–H and O–H groups in total. The van der Waals surface area contributed by atoms with Crippen LogP contribution in [0.4, 0.5) is 0 Å². The second-order valence-corrected chi connectivity index (χ2v) is 2.94. The Hall–Kier alpha value is -2.04. The van der Waals surface area contributed by atoms with E-state index >= 15 is 0 Å². The Kier molecular flexibility index (Phi) is 3.68. The van der Waals surface area contributed by atoms with E-state index in [0.29, 0.717) is 12.2 Å². The third kappa shape index (κ3) is 3.68. The Morgan fingerprint density at radius 2 is 2.13 bits per heavy atom. The first-order valence-corrected chi connectivity index (χ1v) is 4.37. The first-order valence-electron chi connectivity index (χ1n) is 4.37. The van der Waals surface area contributed by atoms with Gasteiger partial charge in [-0.2, -0.15) is 0 Å². The zero-order valence-corrected chi connectivity index (χ0v) is 7.96. The molecule has 1 heterocycles. The van der Waals surface area contributed by atoms with Crippen LogP contribution < -0.4 is 0 Å². The summed E-state index contributed by atoms with van der Waals surface area (Å²) in [5.74, 6) is -1.90. The van der Waals surface area contributed by atoms with Crippen LogP contribution in [-0.4, -0.2) is 26.7 Å². The molecule has 0 saturated heterocycles. The molecule has 5 nitrogen and oxygen atoms in total. The summed E-state index contributed by atoms with van der Waals surface area (Å²) >= 11 is 0. The number of aliphatic carboxylic acids is 2. The molecule has 80 valence electrons. The summed E-state index contributed by atoms with van der Waals surface area (Å²) in [4.78, 5) is 20.6. The van der Waals surface area contributed by atoms with Crippen molar-refractivity contribution in [1.29, 1.82) is 0 Å². The summed E-state index contributed by atoms with van der Waals surface area (Å²) in [5, 5.41) is 16.9. The van der Waals surface area contributed by atoms with Gasteiger partial charge in [-0.15, -0.1) is 0 Å². The highest BCUT2D eigenvalue weighted by molar-refractivity contribution is 5.84. The van der Waals surface area contributed by atoms with E-state index in [2.05, 4.69) is 0 Å². The first kappa shape index (κ1) is 11.0. The maximum atomic E-state index is 10.3. The van der Waals surface area contributed by atoms with E-state index in [1.165, 1.54) is 6.08 Å². The van der Waals surface area contributed by atoms with Crippen molar-refractivity contribution in [1.82, 2.24) is 4.57 Å². The average molecular weight is 209 g/mol. The van der Waals surface area contributed by atoms with Gasteiger partial charge >= 0.3 is 11.9 Å². The molecule has 1 rings (SSSR count). The Labute approximate surface area is 86.3 Å². The molecule has 0 aromatic carbocycles. The van der Waals surface area contributed by atoms with Crippen LogP contribution in [0, 0.1) is 0 Å². The minimum Gasteiger partial charge on any atom is -0.481 e. The van der Waals surface area contributed by atoms with Gasteiger partial charge in [-0.25, -0.2) is 4.79 Å². The molecule has 0 aliphatic heterocycles. The predicted molar refractivity (Wildman–Crippen MR) is 53.4 cm³/mol. The van der Waals surface area contributed by atoms with E-state index in [-0.39, 0.29) is 6.42 Å². The van der Waals surface area contributed by atoms with Gasteiger partial charge in [-0.1, -0.05) is 0 Å². The summed E-state index contributed by atoms with van der Waals surface area (Å²) in [6.45, 7) is 0.335. The van der Waals surface area contributed by atoms with Crippen molar-refractivity contribution in [2.45, 2.75) is 13.0 Å². The van der Waals surface area contributed by atoms with Crippen LogP contribution in [0.1, 0.15) is 12.1 Å². The Morgan fingerprint density at radius 3 is 2.73 bits per heavy atom. The van der Waals surface area contributed by atoms with Crippen molar-refractivity contribution in [2.75, 3.05) is 0 Å². The third-order valence-electron chi connectivity index (χ3n) is 1.83. The van der Waals surface area contributed by atoms with Gasteiger partial charge < -0.3 is 14.8 Å². The third-order valence-corrected chi connectivity index (χ3v) is 1.83. The van der Waals surface area contributed by atoms with Gasteiger partial charge in [-0.3, -0.25) is 4.79 Å². The molecular weight excluding hydrogens is 198 g/mol. The number of aryl methyl sites for hydroxylation is 1. The zero-order chi connectivity index (χ0) is 11.3. The van der Waals surface area contributed by atoms with Crippen molar-refractivity contribution in [3.63, 3.8) is 0 Å². The van der Waals surface area contributed by atoms with Crippen molar-refractivity contribution in [2.24, 2.45) is 0 Å². The Morgan fingerprint density at radius 1 is 1.40 bits per heavy atom. The van der Waals surface area contributed by atoms with Gasteiger partial charge in [-0.05, 0) is 18.2 Å². The smallest absolute Gasteiger partial charge is 0.328 e. The zero-order valence-electron chi connectivity index (χ0n) is 7.96. The number of carbonyl (C=O) groups is 2. The lowest BCUT2D eigenvalue weighted by atomic mass is 10.3. The molecule has 0 aliphatic rings. The number of hydrogen-bond acceptors (Lipinski definition) is 2. The lowest BCUT2D eigenvalue weighted by Gasteiger charge is -2.03. The van der Waals surface area contributed by atoms with Crippen LogP contribution in [0.2, 0.25) is 0 Å². The monoisotopic (exact) mass is 209 g/mol. The molecule has 1 aromatic rings. The molecule has 0 saturated carbocycles. The quantitative estimate of drug-likeness (QED) is 0.710. The minimum absolute atomic E-state index is 0.0165. The van der Waals surface area contributed by atoms with Gasteiger partial charge in [0, 0.05) is 24.5 Å². The fourth-order valence-electron chi connectivity index (χ4n) is 1.16. The predicted octanol–water partition coefficient (Wildman–Crippen LogP) is 1.06.